The summed E-state index contributed by atoms with van der Waals surface area (Å²) in [5.74, 6) is 0.887. The smallest absolute Gasteiger partial charge is 0.233 e. The van der Waals surface area contributed by atoms with Gasteiger partial charge in [0, 0.05) is 20.3 Å². The van der Waals surface area contributed by atoms with Gasteiger partial charge in [0.15, 0.2) is 0 Å². The highest BCUT2D eigenvalue weighted by molar-refractivity contribution is 9.10. The zero-order chi connectivity index (χ0) is 16.2. The minimum atomic E-state index is 0.138. The molecule has 23 heavy (non-hydrogen) atoms. The number of hydrogen-bond donors (Lipinski definition) is 3. The van der Waals surface area contributed by atoms with Crippen molar-refractivity contribution in [3.63, 3.8) is 0 Å². The Morgan fingerprint density at radius 2 is 1.04 bits per heavy atom. The van der Waals surface area contributed by atoms with Crippen LogP contribution in [0.5, 0.6) is 0 Å². The molecule has 3 aromatic rings. The van der Waals surface area contributed by atoms with E-state index in [1.165, 1.54) is 0 Å². The first-order valence-corrected chi connectivity index (χ1v) is 8.24. The van der Waals surface area contributed by atoms with Crippen LogP contribution in [-0.4, -0.2) is 15.0 Å². The predicted octanol–water partition coefficient (Wildman–Crippen LogP) is 4.47. The maximum absolute atomic E-state index is 5.76. The van der Waals surface area contributed by atoms with Gasteiger partial charge in [-0.3, -0.25) is 0 Å². The zero-order valence-corrected chi connectivity index (χ0v) is 15.0. The average molecular weight is 436 g/mol. The lowest BCUT2D eigenvalue weighted by Gasteiger charge is -2.09. The molecule has 4 N–H and O–H groups in total. The fourth-order valence-electron chi connectivity index (χ4n) is 1.83. The van der Waals surface area contributed by atoms with Gasteiger partial charge < -0.3 is 16.4 Å². The molecule has 2 aromatic carbocycles. The highest BCUT2D eigenvalue weighted by Gasteiger charge is 2.05. The number of nitrogens with one attached hydrogen (secondary N) is 2. The van der Waals surface area contributed by atoms with Gasteiger partial charge in [-0.25, -0.2) is 0 Å². The summed E-state index contributed by atoms with van der Waals surface area (Å²) in [6.45, 7) is 0. The molecule has 0 bridgehead atoms. The molecule has 0 saturated heterocycles. The number of benzene rings is 2. The molecule has 0 spiro atoms. The molecule has 0 aliphatic rings. The average Bonchev–Trinajstić information content (AvgIpc) is 2.51. The van der Waals surface area contributed by atoms with Gasteiger partial charge in [-0.15, -0.1) is 0 Å². The van der Waals surface area contributed by atoms with Crippen molar-refractivity contribution in [2.24, 2.45) is 0 Å². The van der Waals surface area contributed by atoms with Crippen LogP contribution in [0, 0.1) is 0 Å². The third kappa shape index (κ3) is 4.40. The molecular weight excluding hydrogens is 424 g/mol. The van der Waals surface area contributed by atoms with Crippen molar-refractivity contribution in [1.82, 2.24) is 15.0 Å². The van der Waals surface area contributed by atoms with Crippen LogP contribution in [0.4, 0.5) is 29.2 Å². The van der Waals surface area contributed by atoms with Gasteiger partial charge in [0.2, 0.25) is 17.8 Å². The van der Waals surface area contributed by atoms with Crippen molar-refractivity contribution in [2.45, 2.75) is 0 Å². The number of hydrogen-bond acceptors (Lipinski definition) is 6. The van der Waals surface area contributed by atoms with Gasteiger partial charge in [-0.05, 0) is 48.5 Å². The largest absolute Gasteiger partial charge is 0.368 e. The summed E-state index contributed by atoms with van der Waals surface area (Å²) in [6, 6.07) is 15.3. The summed E-state index contributed by atoms with van der Waals surface area (Å²) >= 11 is 6.79. The third-order valence-electron chi connectivity index (χ3n) is 2.85. The zero-order valence-electron chi connectivity index (χ0n) is 11.8. The van der Waals surface area contributed by atoms with E-state index < -0.39 is 0 Å². The number of halogens is 2. The van der Waals surface area contributed by atoms with Gasteiger partial charge in [-0.1, -0.05) is 31.9 Å². The first kappa shape index (κ1) is 15.7. The Bertz CT molecular complexity index is 739. The first-order valence-electron chi connectivity index (χ1n) is 6.65. The maximum atomic E-state index is 5.76. The van der Waals surface area contributed by atoms with E-state index in [1.54, 1.807) is 0 Å². The molecule has 3 rings (SSSR count). The van der Waals surface area contributed by atoms with E-state index in [0.29, 0.717) is 11.9 Å². The predicted molar refractivity (Wildman–Crippen MR) is 99.1 cm³/mol. The highest BCUT2D eigenvalue weighted by Crippen LogP contribution is 2.20. The number of nitrogens with zero attached hydrogens (tertiary/aromatic N) is 3. The van der Waals surface area contributed by atoms with Crippen LogP contribution in [0.15, 0.2) is 57.5 Å². The van der Waals surface area contributed by atoms with Crippen LogP contribution in [-0.2, 0) is 0 Å². The Morgan fingerprint density at radius 3 is 1.43 bits per heavy atom. The molecule has 1 heterocycles. The monoisotopic (exact) mass is 434 g/mol. The van der Waals surface area contributed by atoms with Crippen LogP contribution in [0.2, 0.25) is 0 Å². The Balaban J connectivity index is 1.81. The summed E-state index contributed by atoms with van der Waals surface area (Å²) in [5, 5.41) is 6.19. The van der Waals surface area contributed by atoms with E-state index in [0.717, 1.165) is 20.3 Å². The molecule has 0 radical (unpaired) electrons. The lowest BCUT2D eigenvalue weighted by molar-refractivity contribution is 1.07. The van der Waals surface area contributed by atoms with Crippen LogP contribution < -0.4 is 16.4 Å². The van der Waals surface area contributed by atoms with Gasteiger partial charge in [0.05, 0.1) is 0 Å². The molecule has 116 valence electrons. The first-order chi connectivity index (χ1) is 11.1. The van der Waals surface area contributed by atoms with E-state index in [2.05, 4.69) is 57.4 Å². The minimum absolute atomic E-state index is 0.138. The molecular formula is C15H12Br2N6. The second kappa shape index (κ2) is 6.93. The van der Waals surface area contributed by atoms with Crippen molar-refractivity contribution in [2.75, 3.05) is 16.4 Å². The number of nitrogens with two attached hydrogens (primary N) is 1. The highest BCUT2D eigenvalue weighted by atomic mass is 79.9. The number of anilines is 5. The minimum Gasteiger partial charge on any atom is -0.368 e. The molecule has 0 saturated carbocycles. The summed E-state index contributed by atoms with van der Waals surface area (Å²) in [4.78, 5) is 12.5. The van der Waals surface area contributed by atoms with E-state index in [9.17, 15) is 0 Å². The lowest BCUT2D eigenvalue weighted by atomic mass is 10.3. The summed E-state index contributed by atoms with van der Waals surface area (Å²) in [7, 11) is 0. The third-order valence-corrected chi connectivity index (χ3v) is 3.91. The normalized spacial score (nSPS) is 10.3. The van der Waals surface area contributed by atoms with Gasteiger partial charge >= 0.3 is 0 Å². The van der Waals surface area contributed by atoms with E-state index in [4.69, 9.17) is 5.73 Å². The second-order valence-electron chi connectivity index (χ2n) is 4.60. The Kier molecular flexibility index (Phi) is 4.73. The Hall–Kier alpha value is -2.19. The molecule has 6 nitrogen and oxygen atoms in total. The van der Waals surface area contributed by atoms with Crippen LogP contribution in [0.1, 0.15) is 0 Å². The molecule has 0 aliphatic heterocycles. The molecule has 0 fully saturated rings. The summed E-state index contributed by atoms with van der Waals surface area (Å²) in [5.41, 5.74) is 7.47. The topological polar surface area (TPSA) is 88.8 Å². The van der Waals surface area contributed by atoms with E-state index >= 15 is 0 Å². The lowest BCUT2D eigenvalue weighted by Crippen LogP contribution is -2.06. The second-order valence-corrected chi connectivity index (χ2v) is 6.44. The number of aromatic nitrogens is 3. The molecule has 0 amide bonds. The summed E-state index contributed by atoms with van der Waals surface area (Å²) in [6.07, 6.45) is 0. The molecule has 0 unspecified atom stereocenters. The number of rotatable bonds is 4. The number of nitrogen functional groups attached to an aromatic ring is 1. The molecule has 0 atom stereocenters. The Morgan fingerprint density at radius 1 is 0.652 bits per heavy atom. The molecule has 8 heteroatoms. The standard InChI is InChI=1S/C15H12Br2N6/c16-9-1-5-11(6-2-9)19-14-21-13(18)22-15(23-14)20-12-7-3-10(17)4-8-12/h1-8H,(H4,18,19,20,21,22,23). The van der Waals surface area contributed by atoms with Gasteiger partial charge in [0.25, 0.3) is 0 Å². The van der Waals surface area contributed by atoms with Gasteiger partial charge in [0.1, 0.15) is 0 Å². The van der Waals surface area contributed by atoms with Crippen molar-refractivity contribution in [1.29, 1.82) is 0 Å². The maximum Gasteiger partial charge on any atom is 0.233 e. The van der Waals surface area contributed by atoms with Crippen LogP contribution >= 0.6 is 31.9 Å². The SMILES string of the molecule is Nc1nc(Nc2ccc(Br)cc2)nc(Nc2ccc(Br)cc2)n1. The van der Waals surface area contributed by atoms with E-state index in [-0.39, 0.29) is 5.95 Å². The fraction of sp³-hybridized carbons (Fsp3) is 0. The van der Waals surface area contributed by atoms with Crippen molar-refractivity contribution in [3.8, 4) is 0 Å². The quantitative estimate of drug-likeness (QED) is 0.560. The van der Waals surface area contributed by atoms with Crippen LogP contribution in [0.25, 0.3) is 0 Å². The molecule has 1 aromatic heterocycles. The van der Waals surface area contributed by atoms with Crippen LogP contribution in [0.3, 0.4) is 0 Å². The van der Waals surface area contributed by atoms with Gasteiger partial charge in [-0.2, -0.15) is 15.0 Å². The van der Waals surface area contributed by atoms with E-state index in [1.807, 2.05) is 48.5 Å². The van der Waals surface area contributed by atoms with Crippen molar-refractivity contribution < 1.29 is 0 Å². The van der Waals surface area contributed by atoms with Crippen molar-refractivity contribution in [3.05, 3.63) is 57.5 Å². The van der Waals surface area contributed by atoms with Crippen molar-refractivity contribution >= 4 is 61.1 Å². The Labute approximate surface area is 149 Å². The summed E-state index contributed by atoms with van der Waals surface area (Å²) < 4.78 is 1.99. The molecule has 0 aliphatic carbocycles. The fourth-order valence-corrected chi connectivity index (χ4v) is 2.36.